The largest absolute Gasteiger partial charge is 0.480 e. The molecular weight excluding hydrogens is 272 g/mol. The van der Waals surface area contributed by atoms with Crippen molar-refractivity contribution in [3.05, 3.63) is 0 Å². The van der Waals surface area contributed by atoms with E-state index in [1.165, 1.54) is 4.90 Å². The average molecular weight is 298 g/mol. The topological polar surface area (TPSA) is 84.9 Å². The van der Waals surface area contributed by atoms with Crippen LogP contribution in [0, 0.1) is 0 Å². The average Bonchev–Trinajstić information content (AvgIpc) is 2.52. The number of rotatable bonds is 5. The molecule has 2 aliphatic heterocycles. The number of piperidine rings is 1. The fraction of sp³-hybridized carbons (Fsp3) is 0.857. The summed E-state index contributed by atoms with van der Waals surface area (Å²) in [6.07, 6.45) is 3.22. The number of hydrogen-bond donors (Lipinski definition) is 3. The van der Waals surface area contributed by atoms with Gasteiger partial charge in [-0.15, -0.1) is 0 Å². The van der Waals surface area contributed by atoms with Gasteiger partial charge in [-0.1, -0.05) is 0 Å². The number of carboxylic acids is 1. The minimum atomic E-state index is -0.898. The first kappa shape index (κ1) is 16.0. The Morgan fingerprint density at radius 3 is 2.67 bits per heavy atom. The Balaban J connectivity index is 1.67. The number of carboxylic acid groups (broad SMARTS) is 1. The summed E-state index contributed by atoms with van der Waals surface area (Å²) < 4.78 is 0. The lowest BCUT2D eigenvalue weighted by Gasteiger charge is -2.33. The maximum absolute atomic E-state index is 12.1. The van der Waals surface area contributed by atoms with E-state index in [1.807, 2.05) is 0 Å². The number of carbonyl (C=O) groups is 2. The van der Waals surface area contributed by atoms with Crippen LogP contribution in [0.4, 0.5) is 4.79 Å². The van der Waals surface area contributed by atoms with Crippen molar-refractivity contribution in [2.24, 2.45) is 0 Å². The fourth-order valence-corrected chi connectivity index (χ4v) is 2.97. The van der Waals surface area contributed by atoms with Crippen molar-refractivity contribution in [1.29, 1.82) is 0 Å². The van der Waals surface area contributed by atoms with Crippen LogP contribution in [0.2, 0.25) is 0 Å². The highest BCUT2D eigenvalue weighted by Gasteiger charge is 2.31. The maximum Gasteiger partial charge on any atom is 0.326 e. The highest BCUT2D eigenvalue weighted by molar-refractivity contribution is 5.82. The molecule has 0 aromatic carbocycles. The first-order valence-corrected chi connectivity index (χ1v) is 7.89. The van der Waals surface area contributed by atoms with E-state index < -0.39 is 12.0 Å². The third kappa shape index (κ3) is 4.86. The molecule has 0 bridgehead atoms. The minimum Gasteiger partial charge on any atom is -0.480 e. The Bertz CT molecular complexity index is 358. The van der Waals surface area contributed by atoms with E-state index >= 15 is 0 Å². The number of likely N-dealkylation sites (tertiary alicyclic amines) is 1. The van der Waals surface area contributed by atoms with Gasteiger partial charge in [0, 0.05) is 39.3 Å². The molecule has 2 fully saturated rings. The van der Waals surface area contributed by atoms with Crippen molar-refractivity contribution in [3.63, 3.8) is 0 Å². The molecule has 0 saturated carbocycles. The molecule has 2 amide bonds. The molecule has 3 N–H and O–H groups in total. The van der Waals surface area contributed by atoms with Crippen LogP contribution >= 0.6 is 0 Å². The Morgan fingerprint density at radius 2 is 1.95 bits per heavy atom. The highest BCUT2D eigenvalue weighted by Crippen LogP contribution is 2.17. The standard InChI is InChI=1S/C14H26N4O3/c19-13(20)12-4-1-2-9-18(12)14(21)16-5-3-8-17-10-6-15-7-11-17/h12,15H,1-11H2,(H,16,21)(H,19,20). The van der Waals surface area contributed by atoms with Crippen LogP contribution in [0.3, 0.4) is 0 Å². The molecule has 120 valence electrons. The Labute approximate surface area is 125 Å². The molecule has 2 heterocycles. The smallest absolute Gasteiger partial charge is 0.326 e. The van der Waals surface area contributed by atoms with Crippen molar-refractivity contribution >= 4 is 12.0 Å². The van der Waals surface area contributed by atoms with E-state index in [9.17, 15) is 9.59 Å². The van der Waals surface area contributed by atoms with Gasteiger partial charge in [-0.25, -0.2) is 9.59 Å². The molecule has 21 heavy (non-hydrogen) atoms. The molecular formula is C14H26N4O3. The number of hydrogen-bond acceptors (Lipinski definition) is 4. The minimum absolute atomic E-state index is 0.234. The van der Waals surface area contributed by atoms with Crippen LogP contribution < -0.4 is 10.6 Å². The number of amides is 2. The molecule has 0 spiro atoms. The predicted octanol–water partition coefficient (Wildman–Crippen LogP) is -0.0696. The lowest BCUT2D eigenvalue weighted by Crippen LogP contribution is -2.52. The zero-order valence-electron chi connectivity index (χ0n) is 12.5. The number of carbonyl (C=O) groups excluding carboxylic acids is 1. The zero-order valence-corrected chi connectivity index (χ0v) is 12.5. The third-order valence-electron chi connectivity index (χ3n) is 4.19. The van der Waals surface area contributed by atoms with Crippen molar-refractivity contribution in [3.8, 4) is 0 Å². The molecule has 0 aromatic rings. The van der Waals surface area contributed by atoms with Crippen LogP contribution in [0.15, 0.2) is 0 Å². The first-order valence-electron chi connectivity index (χ1n) is 7.89. The number of urea groups is 1. The molecule has 0 aliphatic carbocycles. The first-order chi connectivity index (χ1) is 10.2. The van der Waals surface area contributed by atoms with E-state index in [2.05, 4.69) is 15.5 Å². The van der Waals surface area contributed by atoms with E-state index in [0.29, 0.717) is 19.5 Å². The van der Waals surface area contributed by atoms with Gasteiger partial charge in [0.1, 0.15) is 6.04 Å². The molecule has 7 nitrogen and oxygen atoms in total. The van der Waals surface area contributed by atoms with E-state index in [-0.39, 0.29) is 6.03 Å². The molecule has 2 aliphatic rings. The van der Waals surface area contributed by atoms with Crippen LogP contribution in [0.1, 0.15) is 25.7 Å². The van der Waals surface area contributed by atoms with Gasteiger partial charge in [0.05, 0.1) is 0 Å². The summed E-state index contributed by atoms with van der Waals surface area (Å²) >= 11 is 0. The van der Waals surface area contributed by atoms with E-state index in [0.717, 1.165) is 52.0 Å². The highest BCUT2D eigenvalue weighted by atomic mass is 16.4. The molecule has 2 saturated heterocycles. The molecule has 1 atom stereocenters. The van der Waals surface area contributed by atoms with Crippen LogP contribution in [-0.4, -0.2) is 78.8 Å². The second kappa shape index (κ2) is 8.19. The summed E-state index contributed by atoms with van der Waals surface area (Å²) in [4.78, 5) is 27.1. The monoisotopic (exact) mass is 298 g/mol. The van der Waals surface area contributed by atoms with Gasteiger partial charge in [0.25, 0.3) is 0 Å². The van der Waals surface area contributed by atoms with Gasteiger partial charge in [-0.2, -0.15) is 0 Å². The molecule has 7 heteroatoms. The van der Waals surface area contributed by atoms with Gasteiger partial charge < -0.3 is 25.5 Å². The van der Waals surface area contributed by atoms with Crippen molar-refractivity contribution in [2.75, 3.05) is 45.8 Å². The van der Waals surface area contributed by atoms with Crippen LogP contribution in [0.5, 0.6) is 0 Å². The summed E-state index contributed by atoms with van der Waals surface area (Å²) in [5.41, 5.74) is 0. The lowest BCUT2D eigenvalue weighted by atomic mass is 10.0. The molecule has 2 rings (SSSR count). The second-order valence-electron chi connectivity index (χ2n) is 5.72. The molecule has 0 radical (unpaired) electrons. The number of nitrogens with one attached hydrogen (secondary N) is 2. The Kier molecular flexibility index (Phi) is 6.25. The van der Waals surface area contributed by atoms with E-state index in [4.69, 9.17) is 5.11 Å². The number of aliphatic carboxylic acids is 1. The number of nitrogens with zero attached hydrogens (tertiary/aromatic N) is 2. The maximum atomic E-state index is 12.1. The summed E-state index contributed by atoms with van der Waals surface area (Å²) in [5, 5.41) is 15.3. The van der Waals surface area contributed by atoms with Crippen molar-refractivity contribution in [2.45, 2.75) is 31.7 Å². The van der Waals surface area contributed by atoms with Crippen LogP contribution in [-0.2, 0) is 4.79 Å². The molecule has 0 aromatic heterocycles. The van der Waals surface area contributed by atoms with Crippen LogP contribution in [0.25, 0.3) is 0 Å². The normalized spacial score (nSPS) is 23.8. The quantitative estimate of drug-likeness (QED) is 0.619. The molecule has 1 unspecified atom stereocenters. The van der Waals surface area contributed by atoms with Gasteiger partial charge >= 0.3 is 12.0 Å². The summed E-state index contributed by atoms with van der Waals surface area (Å²) in [6.45, 7) is 6.29. The third-order valence-corrected chi connectivity index (χ3v) is 4.19. The zero-order chi connectivity index (χ0) is 15.1. The van der Waals surface area contributed by atoms with Gasteiger partial charge in [-0.05, 0) is 32.2 Å². The van der Waals surface area contributed by atoms with Crippen molar-refractivity contribution in [1.82, 2.24) is 20.4 Å². The SMILES string of the molecule is O=C(O)C1CCCCN1C(=O)NCCCN1CCNCC1. The summed E-state index contributed by atoms with van der Waals surface area (Å²) in [6, 6.07) is -0.894. The van der Waals surface area contributed by atoms with Gasteiger partial charge in [0.15, 0.2) is 0 Å². The number of piperazine rings is 1. The fourth-order valence-electron chi connectivity index (χ4n) is 2.97. The van der Waals surface area contributed by atoms with Crippen molar-refractivity contribution < 1.29 is 14.7 Å². The predicted molar refractivity (Wildman–Crippen MR) is 79.3 cm³/mol. The Hall–Kier alpha value is -1.34. The lowest BCUT2D eigenvalue weighted by molar-refractivity contribution is -0.143. The summed E-state index contributed by atoms with van der Waals surface area (Å²) in [5.74, 6) is -0.898. The van der Waals surface area contributed by atoms with E-state index in [1.54, 1.807) is 0 Å². The van der Waals surface area contributed by atoms with Gasteiger partial charge in [-0.3, -0.25) is 0 Å². The van der Waals surface area contributed by atoms with Gasteiger partial charge in [0.2, 0.25) is 0 Å². The Morgan fingerprint density at radius 1 is 1.19 bits per heavy atom. The summed E-state index contributed by atoms with van der Waals surface area (Å²) in [7, 11) is 0. The second-order valence-corrected chi connectivity index (χ2v) is 5.72.